The first kappa shape index (κ1) is 13.2. The van der Waals surface area contributed by atoms with Crippen molar-refractivity contribution in [3.63, 3.8) is 0 Å². The molecule has 2 N–H and O–H groups in total. The van der Waals surface area contributed by atoms with E-state index >= 15 is 0 Å². The minimum Gasteiger partial charge on any atom is -0.375 e. The zero-order valence-electron chi connectivity index (χ0n) is 12.3. The minimum absolute atomic E-state index is 0.0116. The van der Waals surface area contributed by atoms with Crippen molar-refractivity contribution in [1.29, 1.82) is 0 Å². The molecule has 1 aromatic heterocycles. The summed E-state index contributed by atoms with van der Waals surface area (Å²) in [4.78, 5) is 4.61. The van der Waals surface area contributed by atoms with Crippen molar-refractivity contribution >= 4 is 10.8 Å². The summed E-state index contributed by atoms with van der Waals surface area (Å²) in [5.41, 5.74) is 7.81. The molecule has 0 bridgehead atoms. The van der Waals surface area contributed by atoms with Gasteiger partial charge in [-0.05, 0) is 49.5 Å². The van der Waals surface area contributed by atoms with Crippen LogP contribution >= 0.6 is 0 Å². The third-order valence-corrected chi connectivity index (χ3v) is 5.32. The van der Waals surface area contributed by atoms with E-state index in [1.165, 1.54) is 30.0 Å². The first-order valence-electron chi connectivity index (χ1n) is 8.01. The summed E-state index contributed by atoms with van der Waals surface area (Å²) in [6.07, 6.45) is 7.75. The van der Waals surface area contributed by atoms with Crippen LogP contribution in [-0.2, 0) is 4.74 Å². The molecule has 2 aromatic rings. The molecule has 1 saturated heterocycles. The molecule has 2 heterocycles. The van der Waals surface area contributed by atoms with Crippen LogP contribution in [0, 0.1) is 5.92 Å². The summed E-state index contributed by atoms with van der Waals surface area (Å²) in [5, 5.41) is 2.42. The third-order valence-electron chi connectivity index (χ3n) is 5.32. The lowest BCUT2D eigenvalue weighted by atomic mass is 9.70. The summed E-state index contributed by atoms with van der Waals surface area (Å²) >= 11 is 0. The van der Waals surface area contributed by atoms with E-state index in [1.54, 1.807) is 0 Å². The molecule has 4 rings (SSSR count). The highest BCUT2D eigenvalue weighted by atomic mass is 16.5. The SMILES string of the molecule is NC(c1nccc2ccccc12)C1CCOC2(CCC2)C1. The molecule has 2 unspecified atom stereocenters. The van der Waals surface area contributed by atoms with E-state index in [2.05, 4.69) is 35.3 Å². The molecular formula is C18H22N2O. The monoisotopic (exact) mass is 282 g/mol. The van der Waals surface area contributed by atoms with Gasteiger partial charge in [0.05, 0.1) is 17.3 Å². The van der Waals surface area contributed by atoms with Gasteiger partial charge < -0.3 is 10.5 Å². The van der Waals surface area contributed by atoms with Crippen molar-refractivity contribution < 1.29 is 4.74 Å². The molecule has 1 spiro atoms. The zero-order chi connectivity index (χ0) is 14.3. The molecule has 2 atom stereocenters. The molecule has 110 valence electrons. The van der Waals surface area contributed by atoms with Crippen LogP contribution in [0.4, 0.5) is 0 Å². The average Bonchev–Trinajstić information content (AvgIpc) is 2.52. The van der Waals surface area contributed by atoms with E-state index in [0.717, 1.165) is 25.1 Å². The normalized spacial score (nSPS) is 25.7. The second-order valence-corrected chi connectivity index (χ2v) is 6.58. The lowest BCUT2D eigenvalue weighted by Gasteiger charge is -2.48. The van der Waals surface area contributed by atoms with Gasteiger partial charge >= 0.3 is 0 Å². The van der Waals surface area contributed by atoms with Gasteiger partial charge in [0.25, 0.3) is 0 Å². The number of hydrogen-bond acceptors (Lipinski definition) is 3. The fraction of sp³-hybridized carbons (Fsp3) is 0.500. The van der Waals surface area contributed by atoms with Crippen LogP contribution < -0.4 is 5.73 Å². The molecule has 3 nitrogen and oxygen atoms in total. The minimum atomic E-state index is 0.0116. The van der Waals surface area contributed by atoms with Gasteiger partial charge in [0.15, 0.2) is 0 Å². The topological polar surface area (TPSA) is 48.1 Å². The summed E-state index contributed by atoms with van der Waals surface area (Å²) in [7, 11) is 0. The second-order valence-electron chi connectivity index (χ2n) is 6.58. The quantitative estimate of drug-likeness (QED) is 0.915. The number of fused-ring (bicyclic) bond motifs is 1. The standard InChI is InChI=1S/C18H22N2O/c19-16(14-7-11-21-18(12-14)8-3-9-18)17-15-5-2-1-4-13(15)6-10-20-17/h1-2,4-6,10,14,16H,3,7-9,11-12,19H2. The number of benzene rings is 1. The Labute approximate surface area is 125 Å². The van der Waals surface area contributed by atoms with Crippen molar-refractivity contribution in [3.8, 4) is 0 Å². The van der Waals surface area contributed by atoms with Gasteiger partial charge in [-0.3, -0.25) is 4.98 Å². The Kier molecular flexibility index (Phi) is 3.20. The van der Waals surface area contributed by atoms with Crippen molar-refractivity contribution in [2.45, 2.75) is 43.7 Å². The van der Waals surface area contributed by atoms with Gasteiger partial charge in [0.2, 0.25) is 0 Å². The molecule has 2 aliphatic rings. The molecule has 0 radical (unpaired) electrons. The Morgan fingerprint density at radius 3 is 2.90 bits per heavy atom. The van der Waals surface area contributed by atoms with E-state index in [9.17, 15) is 0 Å². The van der Waals surface area contributed by atoms with Crippen molar-refractivity contribution in [1.82, 2.24) is 4.98 Å². The number of aromatic nitrogens is 1. The molecule has 1 aromatic carbocycles. The van der Waals surface area contributed by atoms with E-state index in [4.69, 9.17) is 10.5 Å². The van der Waals surface area contributed by atoms with E-state index in [0.29, 0.717) is 5.92 Å². The average molecular weight is 282 g/mol. The number of ether oxygens (including phenoxy) is 1. The molecule has 1 aliphatic carbocycles. The van der Waals surface area contributed by atoms with Gasteiger partial charge in [-0.1, -0.05) is 24.3 Å². The van der Waals surface area contributed by atoms with Crippen LogP contribution in [0.15, 0.2) is 36.5 Å². The molecule has 3 heteroatoms. The fourth-order valence-electron chi connectivity index (χ4n) is 3.92. The maximum atomic E-state index is 6.62. The van der Waals surface area contributed by atoms with Crippen LogP contribution in [0.3, 0.4) is 0 Å². The first-order valence-corrected chi connectivity index (χ1v) is 8.01. The molecular weight excluding hydrogens is 260 g/mol. The van der Waals surface area contributed by atoms with Gasteiger partial charge in [0, 0.05) is 18.2 Å². The van der Waals surface area contributed by atoms with Crippen LogP contribution in [-0.4, -0.2) is 17.2 Å². The second kappa shape index (κ2) is 5.08. The summed E-state index contributed by atoms with van der Waals surface area (Å²) in [6, 6.07) is 10.5. The molecule has 1 saturated carbocycles. The Hall–Kier alpha value is -1.45. The Balaban J connectivity index is 1.65. The van der Waals surface area contributed by atoms with Gasteiger partial charge in [-0.25, -0.2) is 0 Å². The number of pyridine rings is 1. The smallest absolute Gasteiger partial charge is 0.0686 e. The Bertz CT molecular complexity index is 645. The maximum absolute atomic E-state index is 6.62. The Morgan fingerprint density at radius 1 is 1.24 bits per heavy atom. The number of nitrogens with two attached hydrogens (primary N) is 1. The Morgan fingerprint density at radius 2 is 2.10 bits per heavy atom. The van der Waals surface area contributed by atoms with E-state index in [1.807, 2.05) is 6.20 Å². The van der Waals surface area contributed by atoms with Crippen LogP contribution in [0.2, 0.25) is 0 Å². The zero-order valence-corrected chi connectivity index (χ0v) is 12.3. The lowest BCUT2D eigenvalue weighted by molar-refractivity contribution is -0.146. The van der Waals surface area contributed by atoms with Gasteiger partial charge in [-0.15, -0.1) is 0 Å². The number of hydrogen-bond donors (Lipinski definition) is 1. The predicted molar refractivity (Wildman–Crippen MR) is 83.9 cm³/mol. The molecule has 2 fully saturated rings. The van der Waals surface area contributed by atoms with Crippen molar-refractivity contribution in [3.05, 3.63) is 42.2 Å². The fourth-order valence-corrected chi connectivity index (χ4v) is 3.92. The summed E-state index contributed by atoms with van der Waals surface area (Å²) < 4.78 is 6.03. The van der Waals surface area contributed by atoms with E-state index < -0.39 is 0 Å². The van der Waals surface area contributed by atoms with Gasteiger partial charge in [0.1, 0.15) is 0 Å². The van der Waals surface area contributed by atoms with Gasteiger partial charge in [-0.2, -0.15) is 0 Å². The van der Waals surface area contributed by atoms with Crippen LogP contribution in [0.5, 0.6) is 0 Å². The highest BCUT2D eigenvalue weighted by Crippen LogP contribution is 2.46. The third kappa shape index (κ3) is 2.25. The summed E-state index contributed by atoms with van der Waals surface area (Å²) in [5.74, 6) is 0.484. The summed E-state index contributed by atoms with van der Waals surface area (Å²) in [6.45, 7) is 0.850. The molecule has 1 aliphatic heterocycles. The largest absolute Gasteiger partial charge is 0.375 e. The van der Waals surface area contributed by atoms with Crippen LogP contribution in [0.25, 0.3) is 10.8 Å². The lowest BCUT2D eigenvalue weighted by Crippen LogP contribution is -2.47. The first-order chi connectivity index (χ1) is 10.3. The number of rotatable bonds is 2. The highest BCUT2D eigenvalue weighted by Gasteiger charge is 2.44. The van der Waals surface area contributed by atoms with Crippen LogP contribution in [0.1, 0.15) is 43.8 Å². The number of nitrogens with zero attached hydrogens (tertiary/aromatic N) is 1. The highest BCUT2D eigenvalue weighted by molar-refractivity contribution is 5.84. The van der Waals surface area contributed by atoms with Crippen molar-refractivity contribution in [2.75, 3.05) is 6.61 Å². The molecule has 0 amide bonds. The maximum Gasteiger partial charge on any atom is 0.0686 e. The molecule has 21 heavy (non-hydrogen) atoms. The van der Waals surface area contributed by atoms with E-state index in [-0.39, 0.29) is 11.6 Å². The predicted octanol–water partition coefficient (Wildman–Crippen LogP) is 3.58. The van der Waals surface area contributed by atoms with Crippen molar-refractivity contribution in [2.24, 2.45) is 11.7 Å².